The molecule has 1 rings (SSSR count). The topological polar surface area (TPSA) is 151 Å². The molecule has 0 aliphatic rings. The first-order valence-corrected chi connectivity index (χ1v) is 12.8. The van der Waals surface area contributed by atoms with Crippen LogP contribution in [0.3, 0.4) is 0 Å². The van der Waals surface area contributed by atoms with E-state index in [0.29, 0.717) is 18.5 Å². The summed E-state index contributed by atoms with van der Waals surface area (Å²) in [5.41, 5.74) is 4.09. The van der Waals surface area contributed by atoms with Gasteiger partial charge in [0.1, 0.15) is 23.4 Å². The van der Waals surface area contributed by atoms with Crippen molar-refractivity contribution in [2.45, 2.75) is 104 Å². The van der Waals surface area contributed by atoms with Gasteiger partial charge in [-0.05, 0) is 71.6 Å². The van der Waals surface area contributed by atoms with E-state index >= 15 is 0 Å². The van der Waals surface area contributed by atoms with Crippen LogP contribution in [0.4, 0.5) is 4.79 Å². The van der Waals surface area contributed by atoms with Gasteiger partial charge in [-0.2, -0.15) is 0 Å². The Kier molecular flexibility index (Phi) is 11.9. The molecule has 2 unspecified atom stereocenters. The SMILES string of the molecule is CCCCNC(=O)C(c1cccc(O)c1)N(C(=O)C(CCC(N)=O)NC(=O)OC(C)(C)C)C(C)(C)CC. The first-order valence-electron chi connectivity index (χ1n) is 12.8. The van der Waals surface area contributed by atoms with Crippen molar-refractivity contribution in [3.05, 3.63) is 29.8 Å². The molecular weight excluding hydrogens is 476 g/mol. The van der Waals surface area contributed by atoms with E-state index in [-0.39, 0.29) is 18.6 Å². The molecule has 0 fully saturated rings. The number of unbranched alkanes of at least 4 members (excludes halogenated alkanes) is 1. The van der Waals surface area contributed by atoms with Gasteiger partial charge in [-0.15, -0.1) is 0 Å². The van der Waals surface area contributed by atoms with E-state index in [1.54, 1.807) is 32.9 Å². The molecule has 0 aromatic heterocycles. The number of nitrogens with two attached hydrogens (primary N) is 1. The smallest absolute Gasteiger partial charge is 0.408 e. The Morgan fingerprint density at radius 2 is 1.76 bits per heavy atom. The lowest BCUT2D eigenvalue weighted by Crippen LogP contribution is -2.59. The maximum absolute atomic E-state index is 14.2. The van der Waals surface area contributed by atoms with Crippen molar-refractivity contribution < 1.29 is 29.0 Å². The van der Waals surface area contributed by atoms with Crippen LogP contribution >= 0.6 is 0 Å². The highest BCUT2D eigenvalue weighted by molar-refractivity contribution is 5.93. The molecule has 0 aliphatic carbocycles. The summed E-state index contributed by atoms with van der Waals surface area (Å²) in [6.07, 6.45) is 1.04. The lowest BCUT2D eigenvalue weighted by molar-refractivity contribution is -0.149. The predicted octanol–water partition coefficient (Wildman–Crippen LogP) is 3.53. The molecule has 0 bridgehead atoms. The van der Waals surface area contributed by atoms with Crippen molar-refractivity contribution in [2.75, 3.05) is 6.54 Å². The van der Waals surface area contributed by atoms with Gasteiger partial charge in [-0.1, -0.05) is 32.4 Å². The van der Waals surface area contributed by atoms with E-state index in [1.807, 2.05) is 27.7 Å². The zero-order valence-corrected chi connectivity index (χ0v) is 23.2. The maximum atomic E-state index is 14.2. The average Bonchev–Trinajstić information content (AvgIpc) is 2.78. The molecule has 2 atom stereocenters. The van der Waals surface area contributed by atoms with Crippen molar-refractivity contribution in [1.29, 1.82) is 0 Å². The summed E-state index contributed by atoms with van der Waals surface area (Å²) in [6.45, 7) is 13.0. The minimum Gasteiger partial charge on any atom is -0.508 e. The monoisotopic (exact) mass is 520 g/mol. The third kappa shape index (κ3) is 10.3. The molecule has 0 heterocycles. The molecule has 0 spiro atoms. The summed E-state index contributed by atoms with van der Waals surface area (Å²) >= 11 is 0. The minimum atomic E-state index is -1.18. The number of hydrogen-bond acceptors (Lipinski definition) is 6. The maximum Gasteiger partial charge on any atom is 0.408 e. The number of nitrogens with one attached hydrogen (secondary N) is 2. The predicted molar refractivity (Wildman–Crippen MR) is 142 cm³/mol. The van der Waals surface area contributed by atoms with Crippen LogP contribution in [0.1, 0.15) is 92.2 Å². The van der Waals surface area contributed by atoms with Gasteiger partial charge in [-0.25, -0.2) is 4.79 Å². The molecule has 1 aromatic carbocycles. The summed E-state index contributed by atoms with van der Waals surface area (Å²) in [5.74, 6) is -1.67. The summed E-state index contributed by atoms with van der Waals surface area (Å²) < 4.78 is 5.34. The van der Waals surface area contributed by atoms with Gasteiger partial charge in [0, 0.05) is 18.5 Å². The van der Waals surface area contributed by atoms with Crippen LogP contribution in [0, 0.1) is 0 Å². The largest absolute Gasteiger partial charge is 0.508 e. The standard InChI is InChI=1S/C27H44N4O6/c1-8-10-16-29-23(34)22(18-12-11-13-19(32)17-18)31(27(6,7)9-2)24(35)20(14-15-21(28)33)30-25(36)37-26(3,4)5/h11-13,17,20,22,32H,8-10,14-16H2,1-7H3,(H2,28,33)(H,29,34)(H,30,36). The number of carbonyl (C=O) groups is 4. The van der Waals surface area contributed by atoms with Gasteiger partial charge in [0.25, 0.3) is 0 Å². The van der Waals surface area contributed by atoms with Crippen LogP contribution in [0.5, 0.6) is 5.75 Å². The summed E-state index contributed by atoms with van der Waals surface area (Å²) in [5, 5.41) is 15.6. The highest BCUT2D eigenvalue weighted by atomic mass is 16.6. The Bertz CT molecular complexity index is 941. The zero-order valence-electron chi connectivity index (χ0n) is 23.2. The van der Waals surface area contributed by atoms with Crippen LogP contribution in [0.25, 0.3) is 0 Å². The number of aromatic hydroxyl groups is 1. The Hall–Kier alpha value is -3.30. The molecule has 0 radical (unpaired) electrons. The second kappa shape index (κ2) is 13.9. The fourth-order valence-electron chi connectivity index (χ4n) is 3.70. The summed E-state index contributed by atoms with van der Waals surface area (Å²) in [6, 6.07) is 3.89. The molecule has 1 aromatic rings. The molecule has 0 saturated carbocycles. The Morgan fingerprint density at radius 1 is 1.11 bits per heavy atom. The van der Waals surface area contributed by atoms with Crippen LogP contribution in [0.2, 0.25) is 0 Å². The van der Waals surface area contributed by atoms with E-state index in [4.69, 9.17) is 10.5 Å². The van der Waals surface area contributed by atoms with Crippen LogP contribution in [0.15, 0.2) is 24.3 Å². The van der Waals surface area contributed by atoms with Crippen LogP contribution < -0.4 is 16.4 Å². The quantitative estimate of drug-likeness (QED) is 0.292. The number of nitrogens with zero attached hydrogens (tertiary/aromatic N) is 1. The molecule has 10 nitrogen and oxygen atoms in total. The van der Waals surface area contributed by atoms with Crippen molar-refractivity contribution in [3.8, 4) is 5.75 Å². The molecule has 208 valence electrons. The highest BCUT2D eigenvalue weighted by Gasteiger charge is 2.43. The Balaban J connectivity index is 3.60. The molecule has 10 heteroatoms. The van der Waals surface area contributed by atoms with Gasteiger partial charge in [0.15, 0.2) is 0 Å². The third-order valence-electron chi connectivity index (χ3n) is 5.95. The van der Waals surface area contributed by atoms with Crippen LogP contribution in [-0.4, -0.2) is 57.5 Å². The van der Waals surface area contributed by atoms with Crippen molar-refractivity contribution >= 4 is 23.8 Å². The van der Waals surface area contributed by atoms with Gasteiger partial charge < -0.3 is 31.1 Å². The number of carbonyl (C=O) groups excluding carboxylic acids is 4. The Labute approximate surface area is 220 Å². The first kappa shape index (κ1) is 31.7. The molecular formula is C27H44N4O6. The van der Waals surface area contributed by atoms with E-state index in [0.717, 1.165) is 12.8 Å². The fraction of sp³-hybridized carbons (Fsp3) is 0.630. The number of rotatable bonds is 13. The Morgan fingerprint density at radius 3 is 2.27 bits per heavy atom. The molecule has 0 aliphatic heterocycles. The number of phenolic OH excluding ortho intramolecular Hbond substituents is 1. The number of amides is 4. The second-order valence-electron chi connectivity index (χ2n) is 10.7. The first-order chi connectivity index (χ1) is 17.1. The van der Waals surface area contributed by atoms with E-state index in [9.17, 15) is 24.3 Å². The van der Waals surface area contributed by atoms with Crippen molar-refractivity contribution in [1.82, 2.24) is 15.5 Å². The number of benzene rings is 1. The number of alkyl carbamates (subject to hydrolysis) is 1. The highest BCUT2D eigenvalue weighted by Crippen LogP contribution is 2.33. The fourth-order valence-corrected chi connectivity index (χ4v) is 3.70. The lowest BCUT2D eigenvalue weighted by Gasteiger charge is -2.44. The number of hydrogen-bond donors (Lipinski definition) is 4. The summed E-state index contributed by atoms with van der Waals surface area (Å²) in [7, 11) is 0. The van der Waals surface area contributed by atoms with E-state index in [2.05, 4.69) is 10.6 Å². The zero-order chi connectivity index (χ0) is 28.4. The summed E-state index contributed by atoms with van der Waals surface area (Å²) in [4.78, 5) is 53.3. The van der Waals surface area contributed by atoms with Gasteiger partial charge in [0.05, 0.1) is 0 Å². The second-order valence-corrected chi connectivity index (χ2v) is 10.7. The van der Waals surface area contributed by atoms with Crippen LogP contribution in [-0.2, 0) is 19.1 Å². The average molecular weight is 521 g/mol. The normalized spacial score (nSPS) is 13.3. The minimum absolute atomic E-state index is 0.0530. The van der Waals surface area contributed by atoms with Gasteiger partial charge >= 0.3 is 6.09 Å². The molecule has 0 saturated heterocycles. The molecule has 4 amide bonds. The van der Waals surface area contributed by atoms with Gasteiger partial charge in [-0.3, -0.25) is 14.4 Å². The molecule has 37 heavy (non-hydrogen) atoms. The number of primary amides is 1. The molecule has 5 N–H and O–H groups in total. The van der Waals surface area contributed by atoms with Crippen molar-refractivity contribution in [3.63, 3.8) is 0 Å². The van der Waals surface area contributed by atoms with Crippen molar-refractivity contribution in [2.24, 2.45) is 5.73 Å². The van der Waals surface area contributed by atoms with Gasteiger partial charge in [0.2, 0.25) is 17.7 Å². The number of ether oxygens (including phenoxy) is 1. The number of phenols is 1. The third-order valence-corrected chi connectivity index (χ3v) is 5.95. The lowest BCUT2D eigenvalue weighted by atomic mass is 9.91. The van der Waals surface area contributed by atoms with E-state index in [1.165, 1.54) is 17.0 Å². The van der Waals surface area contributed by atoms with E-state index < -0.39 is 47.0 Å².